The quantitative estimate of drug-likeness (QED) is 0.749. The molecule has 0 bridgehead atoms. The monoisotopic (exact) mass is 288 g/mol. The molecule has 0 amide bonds. The molecule has 1 aromatic carbocycles. The summed E-state index contributed by atoms with van der Waals surface area (Å²) in [6, 6.07) is 3.29. The van der Waals surface area contributed by atoms with Crippen LogP contribution in [0.5, 0.6) is 0 Å². The van der Waals surface area contributed by atoms with E-state index in [1.54, 1.807) is 14.2 Å². The van der Waals surface area contributed by atoms with Crippen LogP contribution in [0.1, 0.15) is 11.6 Å². The van der Waals surface area contributed by atoms with Gasteiger partial charge in [0.05, 0.1) is 19.3 Å². The fourth-order valence-corrected chi connectivity index (χ4v) is 2.12. The number of methoxy groups -OCH3 is 2. The normalized spacial score (nSPS) is 12.9. The molecule has 1 atom stereocenters. The van der Waals surface area contributed by atoms with Gasteiger partial charge in [-0.15, -0.1) is 0 Å². The third kappa shape index (κ3) is 4.49. The van der Waals surface area contributed by atoms with Crippen molar-refractivity contribution in [3.63, 3.8) is 0 Å². The average molecular weight is 288 g/mol. The SMILES string of the molecule is COCCN(CCOC)C(CN)c1c(F)cccc1F. The minimum Gasteiger partial charge on any atom is -0.383 e. The van der Waals surface area contributed by atoms with Crippen molar-refractivity contribution in [3.05, 3.63) is 35.4 Å². The van der Waals surface area contributed by atoms with Crippen molar-refractivity contribution in [2.45, 2.75) is 6.04 Å². The molecule has 1 aromatic rings. The Morgan fingerprint density at radius 1 is 1.10 bits per heavy atom. The third-order valence-electron chi connectivity index (χ3n) is 3.16. The van der Waals surface area contributed by atoms with E-state index in [4.69, 9.17) is 15.2 Å². The molecule has 0 aromatic heterocycles. The first-order valence-corrected chi connectivity index (χ1v) is 6.51. The lowest BCUT2D eigenvalue weighted by atomic mass is 10.0. The number of hydrogen-bond acceptors (Lipinski definition) is 4. The van der Waals surface area contributed by atoms with Crippen LogP contribution in [-0.4, -0.2) is 52.0 Å². The van der Waals surface area contributed by atoms with Crippen molar-refractivity contribution in [3.8, 4) is 0 Å². The lowest BCUT2D eigenvalue weighted by Gasteiger charge is -2.31. The smallest absolute Gasteiger partial charge is 0.130 e. The number of nitrogens with zero attached hydrogens (tertiary/aromatic N) is 1. The van der Waals surface area contributed by atoms with Gasteiger partial charge in [0.2, 0.25) is 0 Å². The van der Waals surface area contributed by atoms with E-state index < -0.39 is 17.7 Å². The summed E-state index contributed by atoms with van der Waals surface area (Å²) in [7, 11) is 3.16. The highest BCUT2D eigenvalue weighted by atomic mass is 19.1. The summed E-state index contributed by atoms with van der Waals surface area (Å²) in [4.78, 5) is 1.87. The zero-order chi connectivity index (χ0) is 15.0. The number of ether oxygens (including phenoxy) is 2. The molecule has 114 valence electrons. The standard InChI is InChI=1S/C14H22F2N2O2/c1-19-8-6-18(7-9-20-2)13(10-17)14-11(15)4-3-5-12(14)16/h3-5,13H,6-10,17H2,1-2H3. The number of nitrogens with two attached hydrogens (primary N) is 1. The zero-order valence-corrected chi connectivity index (χ0v) is 11.9. The molecule has 0 heterocycles. The van der Waals surface area contributed by atoms with Crippen LogP contribution in [-0.2, 0) is 9.47 Å². The van der Waals surface area contributed by atoms with Crippen molar-refractivity contribution in [2.24, 2.45) is 5.73 Å². The Morgan fingerprint density at radius 3 is 2.00 bits per heavy atom. The Bertz CT molecular complexity index is 377. The summed E-state index contributed by atoms with van der Waals surface area (Å²) in [5.74, 6) is -1.17. The van der Waals surface area contributed by atoms with Crippen molar-refractivity contribution >= 4 is 0 Å². The first-order chi connectivity index (χ1) is 9.65. The maximum Gasteiger partial charge on any atom is 0.130 e. The second-order valence-corrected chi connectivity index (χ2v) is 4.41. The fourth-order valence-electron chi connectivity index (χ4n) is 2.12. The maximum absolute atomic E-state index is 13.9. The average Bonchev–Trinajstić information content (AvgIpc) is 2.44. The Morgan fingerprint density at radius 2 is 1.60 bits per heavy atom. The number of rotatable bonds is 9. The minimum absolute atomic E-state index is 0.00204. The fraction of sp³-hybridized carbons (Fsp3) is 0.571. The van der Waals surface area contributed by atoms with Gasteiger partial charge in [0.15, 0.2) is 0 Å². The van der Waals surface area contributed by atoms with Crippen LogP contribution in [0.25, 0.3) is 0 Å². The Balaban J connectivity index is 2.98. The van der Waals surface area contributed by atoms with Crippen LogP contribution >= 0.6 is 0 Å². The molecule has 20 heavy (non-hydrogen) atoms. The molecule has 0 aliphatic rings. The molecule has 0 fully saturated rings. The van der Waals surface area contributed by atoms with Crippen LogP contribution in [0.4, 0.5) is 8.78 Å². The van der Waals surface area contributed by atoms with Crippen LogP contribution in [0.2, 0.25) is 0 Å². The van der Waals surface area contributed by atoms with Gasteiger partial charge in [0.1, 0.15) is 11.6 Å². The summed E-state index contributed by atoms with van der Waals surface area (Å²) >= 11 is 0. The van der Waals surface area contributed by atoms with E-state index in [0.29, 0.717) is 26.3 Å². The third-order valence-corrected chi connectivity index (χ3v) is 3.16. The van der Waals surface area contributed by atoms with Gasteiger partial charge in [-0.1, -0.05) is 6.07 Å². The Kier molecular flexibility index (Phi) is 7.61. The molecule has 1 unspecified atom stereocenters. The zero-order valence-electron chi connectivity index (χ0n) is 11.9. The highest BCUT2D eigenvalue weighted by Crippen LogP contribution is 2.25. The predicted octanol–water partition coefficient (Wildman–Crippen LogP) is 1.56. The Hall–Kier alpha value is -1.08. The molecule has 6 heteroatoms. The predicted molar refractivity (Wildman–Crippen MR) is 73.5 cm³/mol. The number of halogens is 2. The van der Waals surface area contributed by atoms with E-state index in [1.807, 2.05) is 4.90 Å². The highest BCUT2D eigenvalue weighted by molar-refractivity contribution is 5.24. The van der Waals surface area contributed by atoms with Gasteiger partial charge in [-0.25, -0.2) is 8.78 Å². The van der Waals surface area contributed by atoms with E-state index >= 15 is 0 Å². The molecule has 0 saturated heterocycles. The van der Waals surface area contributed by atoms with E-state index in [2.05, 4.69) is 0 Å². The van der Waals surface area contributed by atoms with Crippen LogP contribution in [0, 0.1) is 11.6 Å². The molecule has 0 aliphatic carbocycles. The summed E-state index contributed by atoms with van der Waals surface area (Å²) in [6.45, 7) is 2.07. The lowest BCUT2D eigenvalue weighted by molar-refractivity contribution is 0.0868. The van der Waals surface area contributed by atoms with Gasteiger partial charge in [-0.2, -0.15) is 0 Å². The van der Waals surface area contributed by atoms with Crippen LogP contribution < -0.4 is 5.73 Å². The van der Waals surface area contributed by atoms with E-state index in [0.717, 1.165) is 0 Å². The minimum atomic E-state index is -0.583. The largest absolute Gasteiger partial charge is 0.383 e. The van der Waals surface area contributed by atoms with E-state index in [-0.39, 0.29) is 12.1 Å². The first-order valence-electron chi connectivity index (χ1n) is 6.51. The molecule has 2 N–H and O–H groups in total. The molecule has 0 radical (unpaired) electrons. The van der Waals surface area contributed by atoms with Crippen molar-refractivity contribution in [2.75, 3.05) is 47.1 Å². The second-order valence-electron chi connectivity index (χ2n) is 4.41. The van der Waals surface area contributed by atoms with Gasteiger partial charge in [-0.05, 0) is 12.1 Å². The molecular weight excluding hydrogens is 266 g/mol. The van der Waals surface area contributed by atoms with E-state index in [1.165, 1.54) is 18.2 Å². The molecule has 1 rings (SSSR count). The van der Waals surface area contributed by atoms with Crippen LogP contribution in [0.15, 0.2) is 18.2 Å². The van der Waals surface area contributed by atoms with Gasteiger partial charge >= 0.3 is 0 Å². The highest BCUT2D eigenvalue weighted by Gasteiger charge is 2.24. The molecule has 0 spiro atoms. The topological polar surface area (TPSA) is 47.7 Å². The van der Waals surface area contributed by atoms with Gasteiger partial charge < -0.3 is 15.2 Å². The van der Waals surface area contributed by atoms with Gasteiger partial charge in [0.25, 0.3) is 0 Å². The Labute approximate surface area is 118 Å². The molecular formula is C14H22F2N2O2. The summed E-state index contributed by atoms with van der Waals surface area (Å²) < 4.78 is 37.9. The lowest BCUT2D eigenvalue weighted by Crippen LogP contribution is -2.39. The van der Waals surface area contributed by atoms with Crippen LogP contribution in [0.3, 0.4) is 0 Å². The van der Waals surface area contributed by atoms with Crippen molar-refractivity contribution in [1.82, 2.24) is 4.90 Å². The molecule has 0 saturated carbocycles. The first kappa shape index (κ1) is 17.0. The van der Waals surface area contributed by atoms with Crippen molar-refractivity contribution in [1.29, 1.82) is 0 Å². The van der Waals surface area contributed by atoms with Gasteiger partial charge in [0, 0.05) is 39.4 Å². The summed E-state index contributed by atoms with van der Waals surface area (Å²) in [6.07, 6.45) is 0. The second kappa shape index (κ2) is 8.97. The number of hydrogen-bond donors (Lipinski definition) is 1. The van der Waals surface area contributed by atoms with E-state index in [9.17, 15) is 8.78 Å². The maximum atomic E-state index is 13.9. The van der Waals surface area contributed by atoms with Crippen molar-refractivity contribution < 1.29 is 18.3 Å². The summed E-state index contributed by atoms with van der Waals surface area (Å²) in [5, 5.41) is 0. The van der Waals surface area contributed by atoms with Gasteiger partial charge in [-0.3, -0.25) is 4.90 Å². The molecule has 0 aliphatic heterocycles. The number of benzene rings is 1. The molecule has 4 nitrogen and oxygen atoms in total. The summed E-state index contributed by atoms with van der Waals surface area (Å²) in [5.41, 5.74) is 5.73.